The molecular formula is C27H29N5O4S. The molecule has 1 saturated heterocycles. The normalized spacial score (nSPS) is 16.0. The Bertz CT molecular complexity index is 1330. The number of benzene rings is 2. The van der Waals surface area contributed by atoms with Gasteiger partial charge in [-0.3, -0.25) is 14.5 Å². The Hall–Kier alpha value is -3.76. The number of hydrogen-bond donors (Lipinski definition) is 1. The van der Waals surface area contributed by atoms with Gasteiger partial charge in [-0.25, -0.2) is 4.68 Å². The number of thiophene rings is 1. The standard InChI is InChI=1S/C27H29N5O4S/c1-2-35-20-13-11-19(12-14-20)32(25(33)18-31-23-9-4-3-8-22(23)29-30-31)26(24-10-6-16-37-24)27(34)28-17-21-7-5-15-36-21/h3-4,6,8-14,16,21,26H,2,5,7,15,17-18H2,1H3,(H,28,34)/t21-,26-/m0/s1. The van der Waals surface area contributed by atoms with E-state index in [9.17, 15) is 9.59 Å². The molecule has 0 unspecified atom stereocenters. The lowest BCUT2D eigenvalue weighted by Gasteiger charge is -2.31. The van der Waals surface area contributed by atoms with Crippen molar-refractivity contribution in [2.24, 2.45) is 0 Å². The summed E-state index contributed by atoms with van der Waals surface area (Å²) < 4.78 is 12.8. The maximum atomic E-state index is 14.0. The second kappa shape index (κ2) is 11.5. The van der Waals surface area contributed by atoms with Gasteiger partial charge in [0.05, 0.1) is 18.2 Å². The molecule has 192 valence electrons. The maximum Gasteiger partial charge on any atom is 0.249 e. The van der Waals surface area contributed by atoms with Gasteiger partial charge in [0.2, 0.25) is 11.8 Å². The third-order valence-electron chi connectivity index (χ3n) is 6.25. The molecule has 1 fully saturated rings. The van der Waals surface area contributed by atoms with Crippen LogP contribution < -0.4 is 15.0 Å². The zero-order valence-corrected chi connectivity index (χ0v) is 21.4. The second-order valence-electron chi connectivity index (χ2n) is 8.72. The number of anilines is 1. The summed E-state index contributed by atoms with van der Waals surface area (Å²) in [4.78, 5) is 30.0. The van der Waals surface area contributed by atoms with Gasteiger partial charge in [-0.1, -0.05) is 23.4 Å². The van der Waals surface area contributed by atoms with Crippen LogP contribution >= 0.6 is 11.3 Å². The largest absolute Gasteiger partial charge is 0.494 e. The molecule has 0 spiro atoms. The highest BCUT2D eigenvalue weighted by Gasteiger charge is 2.34. The summed E-state index contributed by atoms with van der Waals surface area (Å²) in [7, 11) is 0. The number of ether oxygens (including phenoxy) is 2. The number of nitrogens with one attached hydrogen (secondary N) is 1. The zero-order chi connectivity index (χ0) is 25.6. The van der Waals surface area contributed by atoms with Gasteiger partial charge in [0.1, 0.15) is 23.9 Å². The van der Waals surface area contributed by atoms with Crippen LogP contribution in [0.4, 0.5) is 5.69 Å². The molecule has 0 radical (unpaired) electrons. The Morgan fingerprint density at radius 1 is 1.19 bits per heavy atom. The van der Waals surface area contributed by atoms with Crippen molar-refractivity contribution >= 4 is 39.9 Å². The van der Waals surface area contributed by atoms with E-state index >= 15 is 0 Å². The number of fused-ring (bicyclic) bond motifs is 1. The summed E-state index contributed by atoms with van der Waals surface area (Å²) in [6.45, 7) is 3.48. The van der Waals surface area contributed by atoms with Crippen molar-refractivity contribution in [3.05, 3.63) is 70.9 Å². The van der Waals surface area contributed by atoms with Crippen molar-refractivity contribution in [2.75, 3.05) is 24.7 Å². The maximum absolute atomic E-state index is 14.0. The topological polar surface area (TPSA) is 98.6 Å². The van der Waals surface area contributed by atoms with E-state index in [1.54, 1.807) is 33.8 Å². The summed E-state index contributed by atoms with van der Waals surface area (Å²) >= 11 is 1.43. The second-order valence-corrected chi connectivity index (χ2v) is 9.70. The summed E-state index contributed by atoms with van der Waals surface area (Å²) in [5.41, 5.74) is 2.04. The molecule has 10 heteroatoms. The highest BCUT2D eigenvalue weighted by Crippen LogP contribution is 2.32. The lowest BCUT2D eigenvalue weighted by Crippen LogP contribution is -2.46. The van der Waals surface area contributed by atoms with E-state index in [0.29, 0.717) is 36.7 Å². The minimum Gasteiger partial charge on any atom is -0.494 e. The van der Waals surface area contributed by atoms with Crippen LogP contribution in [0, 0.1) is 0 Å². The molecule has 2 amide bonds. The van der Waals surface area contributed by atoms with Crippen molar-refractivity contribution < 1.29 is 19.1 Å². The number of rotatable bonds is 10. The number of aromatic nitrogens is 3. The van der Waals surface area contributed by atoms with Crippen LogP contribution in [0.25, 0.3) is 11.0 Å². The first kappa shape index (κ1) is 24.9. The molecule has 37 heavy (non-hydrogen) atoms. The number of para-hydroxylation sites is 1. The zero-order valence-electron chi connectivity index (χ0n) is 20.6. The van der Waals surface area contributed by atoms with Gasteiger partial charge in [0.25, 0.3) is 0 Å². The van der Waals surface area contributed by atoms with Crippen LogP contribution in [0.5, 0.6) is 5.75 Å². The highest BCUT2D eigenvalue weighted by molar-refractivity contribution is 7.10. The smallest absolute Gasteiger partial charge is 0.249 e. The summed E-state index contributed by atoms with van der Waals surface area (Å²) in [5, 5.41) is 13.3. The molecule has 5 rings (SSSR count). The number of carbonyl (C=O) groups is 2. The van der Waals surface area contributed by atoms with Crippen LogP contribution in [-0.2, 0) is 20.9 Å². The third-order valence-corrected chi connectivity index (χ3v) is 7.17. The van der Waals surface area contributed by atoms with Crippen molar-refractivity contribution in [1.82, 2.24) is 20.3 Å². The molecule has 0 bridgehead atoms. The summed E-state index contributed by atoms with van der Waals surface area (Å²) in [6, 6.07) is 17.6. The first-order valence-corrected chi connectivity index (χ1v) is 13.3. The number of amides is 2. The van der Waals surface area contributed by atoms with Crippen molar-refractivity contribution in [3.8, 4) is 5.75 Å². The molecule has 9 nitrogen and oxygen atoms in total. The van der Waals surface area contributed by atoms with Gasteiger partial charge in [-0.15, -0.1) is 16.4 Å². The Balaban J connectivity index is 1.49. The SMILES string of the molecule is CCOc1ccc(N(C(=O)Cn2nnc3ccccc32)[C@H](C(=O)NC[C@@H]2CCCO2)c2cccs2)cc1. The fourth-order valence-corrected chi connectivity index (χ4v) is 5.29. The average molecular weight is 520 g/mol. The molecular weight excluding hydrogens is 490 g/mol. The van der Waals surface area contributed by atoms with E-state index in [2.05, 4.69) is 15.6 Å². The van der Waals surface area contributed by atoms with Gasteiger partial charge < -0.3 is 14.8 Å². The molecule has 0 aliphatic carbocycles. The number of carbonyl (C=O) groups excluding carboxylic acids is 2. The predicted molar refractivity (Wildman–Crippen MR) is 142 cm³/mol. The third kappa shape index (κ3) is 5.65. The Kier molecular flexibility index (Phi) is 7.76. The van der Waals surface area contributed by atoms with Gasteiger partial charge in [0.15, 0.2) is 0 Å². The quantitative estimate of drug-likeness (QED) is 0.341. The van der Waals surface area contributed by atoms with E-state index in [1.807, 2.05) is 48.7 Å². The molecule has 2 atom stereocenters. The average Bonchev–Trinajstić information content (AvgIpc) is 3.70. The van der Waals surface area contributed by atoms with Crippen molar-refractivity contribution in [1.29, 1.82) is 0 Å². The van der Waals surface area contributed by atoms with E-state index in [0.717, 1.165) is 23.2 Å². The van der Waals surface area contributed by atoms with Crippen molar-refractivity contribution in [3.63, 3.8) is 0 Å². The minimum atomic E-state index is -0.860. The molecule has 1 aliphatic heterocycles. The number of hydrogen-bond acceptors (Lipinski definition) is 7. The Labute approximate surface area is 219 Å². The van der Waals surface area contributed by atoms with Crippen LogP contribution in [0.15, 0.2) is 66.0 Å². The van der Waals surface area contributed by atoms with E-state index in [4.69, 9.17) is 9.47 Å². The van der Waals surface area contributed by atoms with Crippen molar-refractivity contribution in [2.45, 2.75) is 38.5 Å². The predicted octanol–water partition coefficient (Wildman–Crippen LogP) is 3.96. The molecule has 1 aliphatic rings. The van der Waals surface area contributed by atoms with Gasteiger partial charge >= 0.3 is 0 Å². The van der Waals surface area contributed by atoms with Gasteiger partial charge in [0, 0.05) is 23.7 Å². The van der Waals surface area contributed by atoms with Crippen LogP contribution in [0.1, 0.15) is 30.7 Å². The molecule has 0 saturated carbocycles. The Morgan fingerprint density at radius 3 is 2.76 bits per heavy atom. The number of nitrogens with zero attached hydrogens (tertiary/aromatic N) is 4. The van der Waals surface area contributed by atoms with E-state index < -0.39 is 6.04 Å². The molecule has 1 N–H and O–H groups in total. The van der Waals surface area contributed by atoms with Crippen LogP contribution in [0.3, 0.4) is 0 Å². The van der Waals surface area contributed by atoms with Crippen LogP contribution in [0.2, 0.25) is 0 Å². The van der Waals surface area contributed by atoms with E-state index in [-0.39, 0.29) is 24.5 Å². The first-order valence-electron chi connectivity index (χ1n) is 12.4. The molecule has 3 heterocycles. The van der Waals surface area contributed by atoms with Crippen LogP contribution in [-0.4, -0.2) is 52.7 Å². The van der Waals surface area contributed by atoms with Gasteiger partial charge in [-0.2, -0.15) is 0 Å². The Morgan fingerprint density at radius 2 is 2.03 bits per heavy atom. The fraction of sp³-hybridized carbons (Fsp3) is 0.333. The lowest BCUT2D eigenvalue weighted by atomic mass is 10.1. The van der Waals surface area contributed by atoms with Gasteiger partial charge in [-0.05, 0) is 67.6 Å². The summed E-state index contributed by atoms with van der Waals surface area (Å²) in [6.07, 6.45) is 1.88. The lowest BCUT2D eigenvalue weighted by molar-refractivity contribution is -0.127. The minimum absolute atomic E-state index is 0.0101. The monoisotopic (exact) mass is 519 g/mol. The summed E-state index contributed by atoms with van der Waals surface area (Å²) in [5.74, 6) is 0.144. The molecule has 2 aromatic carbocycles. The fourth-order valence-electron chi connectivity index (χ4n) is 4.48. The first-order chi connectivity index (χ1) is 18.1. The molecule has 2 aromatic heterocycles. The van der Waals surface area contributed by atoms with E-state index in [1.165, 1.54) is 11.3 Å². The molecule has 4 aromatic rings. The highest BCUT2D eigenvalue weighted by atomic mass is 32.1.